The van der Waals surface area contributed by atoms with Crippen molar-refractivity contribution in [1.29, 1.82) is 0 Å². The van der Waals surface area contributed by atoms with Crippen LogP contribution in [0.15, 0.2) is 18.2 Å². The van der Waals surface area contributed by atoms with Crippen LogP contribution in [-0.4, -0.2) is 16.6 Å². The van der Waals surface area contributed by atoms with Gasteiger partial charge >= 0.3 is 0 Å². The summed E-state index contributed by atoms with van der Waals surface area (Å²) in [6.07, 6.45) is 0.926. The van der Waals surface area contributed by atoms with Gasteiger partial charge in [-0.3, -0.25) is 0 Å². The number of hydrogen-bond acceptors (Lipinski definition) is 1. The van der Waals surface area contributed by atoms with Crippen LogP contribution in [0.2, 0.25) is 10.0 Å². The first-order valence-corrected chi connectivity index (χ1v) is 8.59. The quantitative estimate of drug-likeness (QED) is 0.635. The Morgan fingerprint density at radius 3 is 2.61 bits per heavy atom. The van der Waals surface area contributed by atoms with Crippen LogP contribution >= 0.6 is 45.5 Å². The molecule has 0 amide bonds. The first-order chi connectivity index (χ1) is 8.49. The standard InChI is InChI=1S/C11H11Cl4NOS/c12-5-8-4-11(8,6-16-18(15)17)7-1-2-9(13)10(14)3-7/h1-3,8,16H,4-6H2/t8-,11+,18?/m1/s1. The summed E-state index contributed by atoms with van der Waals surface area (Å²) in [5, 5.41) is 1.04. The summed E-state index contributed by atoms with van der Waals surface area (Å²) in [5.74, 6) is 0.890. The van der Waals surface area contributed by atoms with Gasteiger partial charge in [0.25, 0.3) is 0 Å². The van der Waals surface area contributed by atoms with E-state index in [0.29, 0.717) is 28.4 Å². The Balaban J connectivity index is 2.25. The van der Waals surface area contributed by atoms with Crippen molar-refractivity contribution in [2.45, 2.75) is 11.8 Å². The van der Waals surface area contributed by atoms with Gasteiger partial charge in [0, 0.05) is 28.5 Å². The van der Waals surface area contributed by atoms with E-state index in [1.165, 1.54) is 0 Å². The van der Waals surface area contributed by atoms with Gasteiger partial charge < -0.3 is 0 Å². The third-order valence-electron chi connectivity index (χ3n) is 3.41. The zero-order valence-electron chi connectivity index (χ0n) is 9.26. The second kappa shape index (κ2) is 5.86. The molecule has 0 saturated heterocycles. The fourth-order valence-corrected chi connectivity index (χ4v) is 3.48. The monoisotopic (exact) mass is 345 g/mol. The van der Waals surface area contributed by atoms with Crippen molar-refractivity contribution in [2.75, 3.05) is 12.4 Å². The van der Waals surface area contributed by atoms with Crippen molar-refractivity contribution in [1.82, 2.24) is 4.72 Å². The number of halogens is 4. The molecule has 0 bridgehead atoms. The van der Waals surface area contributed by atoms with E-state index < -0.39 is 10.2 Å². The van der Waals surface area contributed by atoms with Crippen LogP contribution in [0.1, 0.15) is 12.0 Å². The van der Waals surface area contributed by atoms with Crippen LogP contribution in [0.25, 0.3) is 0 Å². The fourth-order valence-electron chi connectivity index (χ4n) is 2.25. The summed E-state index contributed by atoms with van der Waals surface area (Å²) in [4.78, 5) is 0. The van der Waals surface area contributed by atoms with Crippen molar-refractivity contribution >= 4 is 55.7 Å². The van der Waals surface area contributed by atoms with Crippen LogP contribution in [-0.2, 0) is 15.6 Å². The smallest absolute Gasteiger partial charge is 0.189 e. The minimum absolute atomic E-state index is 0.138. The third-order valence-corrected chi connectivity index (χ3v) is 5.22. The maximum Gasteiger partial charge on any atom is 0.189 e. The summed E-state index contributed by atoms with van der Waals surface area (Å²) in [6, 6.07) is 5.54. The SMILES string of the molecule is O=S(Cl)NC[C@]1(c2ccc(Cl)c(Cl)c2)C[C@@H]1CCl. The van der Waals surface area contributed by atoms with Crippen molar-refractivity contribution in [3.63, 3.8) is 0 Å². The number of benzene rings is 1. The maximum absolute atomic E-state index is 11.0. The van der Waals surface area contributed by atoms with E-state index in [1.807, 2.05) is 12.1 Å². The van der Waals surface area contributed by atoms with Gasteiger partial charge in [0.05, 0.1) is 10.0 Å². The molecule has 3 atom stereocenters. The second-order valence-electron chi connectivity index (χ2n) is 4.38. The Bertz CT molecular complexity index is 484. The van der Waals surface area contributed by atoms with E-state index in [9.17, 15) is 4.21 Å². The number of rotatable bonds is 5. The molecular formula is C11H11Cl4NOS. The Morgan fingerprint density at radius 1 is 1.39 bits per heavy atom. The summed E-state index contributed by atoms with van der Waals surface area (Å²) in [6.45, 7) is 0.512. The average molecular weight is 347 g/mol. The molecule has 0 radical (unpaired) electrons. The topological polar surface area (TPSA) is 29.1 Å². The molecule has 2 rings (SSSR count). The van der Waals surface area contributed by atoms with Crippen LogP contribution in [0, 0.1) is 5.92 Å². The molecule has 1 aromatic rings. The highest BCUT2D eigenvalue weighted by atomic mass is 35.7. The van der Waals surface area contributed by atoms with E-state index in [1.54, 1.807) is 6.07 Å². The van der Waals surface area contributed by atoms with Crippen LogP contribution < -0.4 is 4.72 Å². The van der Waals surface area contributed by atoms with E-state index >= 15 is 0 Å². The predicted octanol–water partition coefficient (Wildman–Crippen LogP) is 3.90. The summed E-state index contributed by atoms with van der Waals surface area (Å²) < 4.78 is 13.7. The van der Waals surface area contributed by atoms with Crippen molar-refractivity contribution in [3.8, 4) is 0 Å². The molecule has 1 N–H and O–H groups in total. The molecule has 0 heterocycles. The van der Waals surface area contributed by atoms with E-state index in [2.05, 4.69) is 4.72 Å². The molecule has 2 nitrogen and oxygen atoms in total. The lowest BCUT2D eigenvalue weighted by molar-refractivity contribution is 0.609. The molecule has 100 valence electrons. The van der Waals surface area contributed by atoms with Gasteiger partial charge in [-0.25, -0.2) is 8.93 Å². The van der Waals surface area contributed by atoms with Gasteiger partial charge in [-0.15, -0.1) is 11.6 Å². The number of hydrogen-bond donors (Lipinski definition) is 1. The largest absolute Gasteiger partial charge is 0.225 e. The Hall–Kier alpha value is 0.490. The Kier molecular flexibility index (Phi) is 4.85. The van der Waals surface area contributed by atoms with Gasteiger partial charge in [-0.05, 0) is 30.0 Å². The highest BCUT2D eigenvalue weighted by molar-refractivity contribution is 8.06. The number of alkyl halides is 1. The van der Waals surface area contributed by atoms with E-state index in [4.69, 9.17) is 45.5 Å². The highest BCUT2D eigenvalue weighted by Crippen LogP contribution is 2.55. The van der Waals surface area contributed by atoms with Crippen molar-refractivity contribution in [3.05, 3.63) is 33.8 Å². The normalized spacial score (nSPS) is 28.1. The van der Waals surface area contributed by atoms with Gasteiger partial charge in [0.1, 0.15) is 0 Å². The lowest BCUT2D eigenvalue weighted by Crippen LogP contribution is -2.28. The van der Waals surface area contributed by atoms with Crippen molar-refractivity contribution in [2.24, 2.45) is 5.92 Å². The second-order valence-corrected chi connectivity index (χ2v) is 7.08. The van der Waals surface area contributed by atoms with Gasteiger partial charge in [-0.2, -0.15) is 0 Å². The molecule has 0 spiro atoms. The average Bonchev–Trinajstić information content (AvgIpc) is 3.05. The summed E-state index contributed by atoms with van der Waals surface area (Å²) in [5.41, 5.74) is 0.915. The molecule has 1 aliphatic carbocycles. The lowest BCUT2D eigenvalue weighted by Gasteiger charge is -2.18. The van der Waals surface area contributed by atoms with Gasteiger partial charge in [-0.1, -0.05) is 29.3 Å². The summed E-state index contributed by atoms with van der Waals surface area (Å²) in [7, 11) is 3.88. The van der Waals surface area contributed by atoms with Gasteiger partial charge in [0.15, 0.2) is 10.2 Å². The first-order valence-electron chi connectivity index (χ1n) is 5.32. The van der Waals surface area contributed by atoms with Crippen LogP contribution in [0.5, 0.6) is 0 Å². The fraction of sp³-hybridized carbons (Fsp3) is 0.455. The lowest BCUT2D eigenvalue weighted by atomic mass is 9.94. The van der Waals surface area contributed by atoms with Crippen LogP contribution in [0.3, 0.4) is 0 Å². The number of nitrogens with one attached hydrogen (secondary N) is 1. The molecular weight excluding hydrogens is 336 g/mol. The molecule has 18 heavy (non-hydrogen) atoms. The molecule has 0 aliphatic heterocycles. The summed E-state index contributed by atoms with van der Waals surface area (Å²) >= 11 is 17.9. The highest BCUT2D eigenvalue weighted by Gasteiger charge is 2.54. The molecule has 0 aromatic heterocycles. The van der Waals surface area contributed by atoms with E-state index in [0.717, 1.165) is 12.0 Å². The zero-order chi connectivity index (χ0) is 13.3. The minimum Gasteiger partial charge on any atom is -0.225 e. The molecule has 1 saturated carbocycles. The van der Waals surface area contributed by atoms with Crippen LogP contribution in [0.4, 0.5) is 0 Å². The molecule has 1 aliphatic rings. The molecule has 1 fully saturated rings. The minimum atomic E-state index is -1.55. The zero-order valence-corrected chi connectivity index (χ0v) is 13.1. The molecule has 7 heteroatoms. The Labute approximate surface area is 128 Å². The van der Waals surface area contributed by atoms with E-state index in [-0.39, 0.29) is 5.41 Å². The Morgan fingerprint density at radius 2 is 2.11 bits per heavy atom. The van der Waals surface area contributed by atoms with Gasteiger partial charge in [0.2, 0.25) is 0 Å². The predicted molar refractivity (Wildman–Crippen MR) is 79.0 cm³/mol. The molecule has 1 aromatic carbocycles. The first kappa shape index (κ1) is 14.9. The molecule has 1 unspecified atom stereocenters. The maximum atomic E-state index is 11.0. The third kappa shape index (κ3) is 2.97. The van der Waals surface area contributed by atoms with Crippen molar-refractivity contribution < 1.29 is 4.21 Å².